The predicted molar refractivity (Wildman–Crippen MR) is 129 cm³/mol. The van der Waals surface area contributed by atoms with Crippen molar-refractivity contribution in [3.05, 3.63) is 99.1 Å². The molecule has 9 heteroatoms. The highest BCUT2D eigenvalue weighted by Crippen LogP contribution is 2.19. The molecule has 4 aromatic rings. The summed E-state index contributed by atoms with van der Waals surface area (Å²) in [6, 6.07) is 17.2. The lowest BCUT2D eigenvalue weighted by Crippen LogP contribution is -2.41. The molecule has 1 fully saturated rings. The molecule has 2 amide bonds. The number of para-hydroxylation sites is 1. The van der Waals surface area contributed by atoms with E-state index in [1.165, 1.54) is 10.8 Å². The first-order chi connectivity index (χ1) is 17.0. The van der Waals surface area contributed by atoms with Gasteiger partial charge in [-0.25, -0.2) is 9.36 Å². The molecule has 2 N–H and O–H groups in total. The van der Waals surface area contributed by atoms with Gasteiger partial charge < -0.3 is 15.1 Å². The van der Waals surface area contributed by atoms with E-state index in [9.17, 15) is 19.2 Å². The zero-order chi connectivity index (χ0) is 24.4. The van der Waals surface area contributed by atoms with E-state index >= 15 is 0 Å². The van der Waals surface area contributed by atoms with E-state index < -0.39 is 17.2 Å². The number of nitrogens with zero attached hydrogens (tertiary/aromatic N) is 2. The first kappa shape index (κ1) is 22.4. The van der Waals surface area contributed by atoms with Crippen molar-refractivity contribution >= 4 is 22.7 Å². The van der Waals surface area contributed by atoms with Crippen LogP contribution in [0.3, 0.4) is 0 Å². The summed E-state index contributed by atoms with van der Waals surface area (Å²) in [4.78, 5) is 51.4. The second-order valence-corrected chi connectivity index (χ2v) is 8.57. The van der Waals surface area contributed by atoms with Gasteiger partial charge in [0.2, 0.25) is 11.8 Å². The minimum atomic E-state index is -0.624. The zero-order valence-electron chi connectivity index (χ0n) is 18.9. The summed E-state index contributed by atoms with van der Waals surface area (Å²) in [6.45, 7) is -0.0757. The highest BCUT2D eigenvalue weighted by atomic mass is 16.3. The minimum absolute atomic E-state index is 0.0500. The van der Waals surface area contributed by atoms with Crippen LogP contribution in [-0.4, -0.2) is 27.0 Å². The van der Waals surface area contributed by atoms with Gasteiger partial charge in [-0.15, -0.1) is 0 Å². The number of hydrogen-bond donors (Lipinski definition) is 2. The Labute approximate surface area is 200 Å². The Bertz CT molecular complexity index is 1500. The highest BCUT2D eigenvalue weighted by Gasteiger charge is 2.23. The van der Waals surface area contributed by atoms with Crippen LogP contribution in [0.4, 0.5) is 0 Å². The maximum atomic E-state index is 13.4. The molecule has 2 aromatic carbocycles. The molecule has 9 nitrogen and oxygen atoms in total. The van der Waals surface area contributed by atoms with Crippen molar-refractivity contribution in [1.82, 2.24) is 19.8 Å². The van der Waals surface area contributed by atoms with Gasteiger partial charge in [-0.2, -0.15) is 0 Å². The first-order valence-electron chi connectivity index (χ1n) is 11.4. The minimum Gasteiger partial charge on any atom is -0.467 e. The second-order valence-electron chi connectivity index (χ2n) is 8.57. The number of carbonyl (C=O) groups is 2. The molecule has 0 radical (unpaired) electrons. The van der Waals surface area contributed by atoms with E-state index in [4.69, 9.17) is 4.42 Å². The number of hydrogen-bond acceptors (Lipinski definition) is 5. The topological polar surface area (TPSA) is 115 Å². The van der Waals surface area contributed by atoms with Crippen LogP contribution < -0.4 is 21.9 Å². The van der Waals surface area contributed by atoms with Crippen molar-refractivity contribution < 1.29 is 14.0 Å². The fourth-order valence-corrected chi connectivity index (χ4v) is 3.95. The Kier molecular flexibility index (Phi) is 6.05. The second kappa shape index (κ2) is 9.46. The van der Waals surface area contributed by atoms with Crippen molar-refractivity contribution in [3.8, 4) is 5.69 Å². The van der Waals surface area contributed by atoms with Crippen molar-refractivity contribution in [1.29, 1.82) is 0 Å². The molecule has 1 aliphatic rings. The van der Waals surface area contributed by atoms with E-state index in [-0.39, 0.29) is 31.5 Å². The van der Waals surface area contributed by atoms with Crippen LogP contribution in [0.5, 0.6) is 0 Å². The maximum absolute atomic E-state index is 13.4. The third kappa shape index (κ3) is 4.93. The fourth-order valence-electron chi connectivity index (χ4n) is 3.95. The quantitative estimate of drug-likeness (QED) is 0.406. The summed E-state index contributed by atoms with van der Waals surface area (Å²) in [5.41, 5.74) is 0.415. The van der Waals surface area contributed by atoms with Crippen LogP contribution in [0.1, 0.15) is 24.2 Å². The summed E-state index contributed by atoms with van der Waals surface area (Å²) < 4.78 is 7.56. The summed E-state index contributed by atoms with van der Waals surface area (Å²) in [5, 5.41) is 5.98. The Morgan fingerprint density at radius 3 is 2.43 bits per heavy atom. The molecule has 0 spiro atoms. The highest BCUT2D eigenvalue weighted by molar-refractivity contribution is 5.82. The van der Waals surface area contributed by atoms with Gasteiger partial charge in [-0.05, 0) is 54.8 Å². The van der Waals surface area contributed by atoms with Crippen LogP contribution in [0.15, 0.2) is 80.9 Å². The van der Waals surface area contributed by atoms with Gasteiger partial charge in [0, 0.05) is 6.04 Å². The molecule has 178 valence electrons. The van der Waals surface area contributed by atoms with Crippen LogP contribution in [-0.2, 0) is 29.1 Å². The number of fused-ring (bicyclic) bond motifs is 1. The average Bonchev–Trinajstić information content (AvgIpc) is 3.50. The number of rotatable bonds is 8. The van der Waals surface area contributed by atoms with Gasteiger partial charge in [0.15, 0.2) is 0 Å². The lowest BCUT2D eigenvalue weighted by atomic mass is 10.1. The third-order valence-electron chi connectivity index (χ3n) is 5.89. The summed E-state index contributed by atoms with van der Waals surface area (Å²) in [7, 11) is 0. The largest absolute Gasteiger partial charge is 0.467 e. The van der Waals surface area contributed by atoms with Crippen molar-refractivity contribution in [2.24, 2.45) is 0 Å². The number of aromatic nitrogens is 2. The summed E-state index contributed by atoms with van der Waals surface area (Å²) in [6.07, 6.45) is 3.77. The smallest absolute Gasteiger partial charge is 0.336 e. The van der Waals surface area contributed by atoms with Crippen molar-refractivity contribution in [3.63, 3.8) is 0 Å². The van der Waals surface area contributed by atoms with Gasteiger partial charge in [0.25, 0.3) is 5.56 Å². The van der Waals surface area contributed by atoms with E-state index in [1.807, 2.05) is 0 Å². The molecule has 2 heterocycles. The Morgan fingerprint density at radius 2 is 1.71 bits per heavy atom. The number of furan rings is 1. The van der Waals surface area contributed by atoms with E-state index in [0.29, 0.717) is 22.4 Å². The van der Waals surface area contributed by atoms with E-state index in [1.54, 1.807) is 60.7 Å². The third-order valence-corrected chi connectivity index (χ3v) is 5.89. The van der Waals surface area contributed by atoms with Crippen molar-refractivity contribution in [2.75, 3.05) is 0 Å². The predicted octanol–water partition coefficient (Wildman–Crippen LogP) is 1.88. The number of amides is 2. The number of benzene rings is 2. The van der Waals surface area contributed by atoms with E-state index in [2.05, 4.69) is 10.6 Å². The Morgan fingerprint density at radius 1 is 0.943 bits per heavy atom. The summed E-state index contributed by atoms with van der Waals surface area (Å²) >= 11 is 0. The lowest BCUT2D eigenvalue weighted by Gasteiger charge is -2.14. The molecule has 35 heavy (non-hydrogen) atoms. The normalized spacial score (nSPS) is 13.0. The number of nitrogens with one attached hydrogen (secondary N) is 2. The molecule has 2 aromatic heterocycles. The molecule has 1 aliphatic carbocycles. The van der Waals surface area contributed by atoms with E-state index in [0.717, 1.165) is 23.0 Å². The zero-order valence-corrected chi connectivity index (χ0v) is 18.9. The molecule has 0 atom stereocenters. The Balaban J connectivity index is 1.45. The van der Waals surface area contributed by atoms with Gasteiger partial charge in [-0.1, -0.05) is 24.3 Å². The van der Waals surface area contributed by atoms with Gasteiger partial charge >= 0.3 is 5.69 Å². The van der Waals surface area contributed by atoms with Crippen molar-refractivity contribution in [2.45, 2.75) is 38.4 Å². The maximum Gasteiger partial charge on any atom is 0.336 e. The monoisotopic (exact) mass is 472 g/mol. The molecule has 0 saturated heterocycles. The molecule has 0 unspecified atom stereocenters. The van der Waals surface area contributed by atoms with Crippen LogP contribution >= 0.6 is 0 Å². The molecule has 1 saturated carbocycles. The average molecular weight is 473 g/mol. The first-order valence-corrected chi connectivity index (χ1v) is 11.4. The lowest BCUT2D eigenvalue weighted by molar-refractivity contribution is -0.122. The fraction of sp³-hybridized carbons (Fsp3) is 0.231. The van der Waals surface area contributed by atoms with Gasteiger partial charge in [-0.3, -0.25) is 19.0 Å². The molecule has 5 rings (SSSR count). The van der Waals surface area contributed by atoms with Crippen LogP contribution in [0.25, 0.3) is 16.6 Å². The van der Waals surface area contributed by atoms with Crippen LogP contribution in [0.2, 0.25) is 0 Å². The molecular formula is C26H24N4O5. The molecule has 0 bridgehead atoms. The molecular weight excluding hydrogens is 448 g/mol. The summed E-state index contributed by atoms with van der Waals surface area (Å²) in [5.74, 6) is 0.147. The van der Waals surface area contributed by atoms with Gasteiger partial charge in [0.05, 0.1) is 35.8 Å². The standard InChI is InChI=1S/C26H24N4O5/c31-23(28-18-9-10-18)14-17-7-11-19(12-8-17)30-25(33)21-5-1-2-6-22(21)29(26(30)34)16-24(32)27-15-20-4-3-13-35-20/h1-8,11-13,18H,9-10,14-16H2,(H,27,32)(H,28,31). The van der Waals surface area contributed by atoms with Gasteiger partial charge in [0.1, 0.15) is 12.3 Å². The van der Waals surface area contributed by atoms with Crippen LogP contribution in [0, 0.1) is 0 Å². The number of carbonyl (C=O) groups excluding carboxylic acids is 2. The molecule has 0 aliphatic heterocycles. The SMILES string of the molecule is O=C(Cn1c(=O)n(-c2ccc(CC(=O)NC3CC3)cc2)c(=O)c2ccccc21)NCc1ccco1. The Hall–Kier alpha value is -4.40.